The van der Waals surface area contributed by atoms with Gasteiger partial charge in [-0.25, -0.2) is 0 Å². The highest BCUT2D eigenvalue weighted by molar-refractivity contribution is 9.11. The van der Waals surface area contributed by atoms with Crippen molar-refractivity contribution < 1.29 is 9.90 Å². The van der Waals surface area contributed by atoms with Crippen LogP contribution in [0.25, 0.3) is 6.08 Å². The maximum absolute atomic E-state index is 10.5. The SMILES string of the molecule is O=C(O)Cc1ccccc1C=CBr. The highest BCUT2D eigenvalue weighted by Gasteiger charge is 2.02. The van der Waals surface area contributed by atoms with Gasteiger partial charge in [-0.15, -0.1) is 0 Å². The summed E-state index contributed by atoms with van der Waals surface area (Å²) in [4.78, 5) is 12.2. The summed E-state index contributed by atoms with van der Waals surface area (Å²) in [6.45, 7) is 0. The Bertz CT molecular complexity index is 331. The van der Waals surface area contributed by atoms with Crippen LogP contribution in [0.5, 0.6) is 0 Å². The van der Waals surface area contributed by atoms with E-state index in [0.717, 1.165) is 11.1 Å². The van der Waals surface area contributed by atoms with Crippen molar-refractivity contribution >= 4 is 28.0 Å². The fraction of sp³-hybridized carbons (Fsp3) is 0.100. The molecule has 1 N–H and O–H groups in total. The Labute approximate surface area is 85.0 Å². The quantitative estimate of drug-likeness (QED) is 0.883. The van der Waals surface area contributed by atoms with Crippen molar-refractivity contribution in [1.82, 2.24) is 0 Å². The number of carbonyl (C=O) groups is 1. The smallest absolute Gasteiger partial charge is 0.307 e. The summed E-state index contributed by atoms with van der Waals surface area (Å²) in [7, 11) is 0. The third-order valence-corrected chi connectivity index (χ3v) is 1.90. The zero-order valence-corrected chi connectivity index (χ0v) is 8.49. The number of carboxylic acid groups (broad SMARTS) is 1. The first-order valence-electron chi connectivity index (χ1n) is 3.80. The second-order valence-electron chi connectivity index (χ2n) is 2.56. The molecule has 0 spiro atoms. The number of carboxylic acids is 1. The van der Waals surface area contributed by atoms with Crippen molar-refractivity contribution in [1.29, 1.82) is 0 Å². The Morgan fingerprint density at radius 1 is 1.46 bits per heavy atom. The Hall–Kier alpha value is -1.09. The molecule has 3 heteroatoms. The predicted octanol–water partition coefficient (Wildman–Crippen LogP) is 2.68. The van der Waals surface area contributed by atoms with Gasteiger partial charge in [-0.2, -0.15) is 0 Å². The molecule has 0 aromatic heterocycles. The zero-order valence-electron chi connectivity index (χ0n) is 6.90. The van der Waals surface area contributed by atoms with Crippen molar-refractivity contribution in [3.8, 4) is 0 Å². The lowest BCUT2D eigenvalue weighted by Crippen LogP contribution is -2.01. The number of rotatable bonds is 3. The molecule has 0 unspecified atom stereocenters. The minimum absolute atomic E-state index is 0.0630. The van der Waals surface area contributed by atoms with Crippen molar-refractivity contribution in [2.24, 2.45) is 0 Å². The number of hydrogen-bond acceptors (Lipinski definition) is 1. The molecule has 0 fully saturated rings. The van der Waals surface area contributed by atoms with Gasteiger partial charge < -0.3 is 5.11 Å². The van der Waals surface area contributed by atoms with Crippen LogP contribution in [0.1, 0.15) is 11.1 Å². The highest BCUT2D eigenvalue weighted by Crippen LogP contribution is 2.12. The van der Waals surface area contributed by atoms with Gasteiger partial charge in [-0.3, -0.25) is 4.79 Å². The summed E-state index contributed by atoms with van der Waals surface area (Å²) in [5.41, 5.74) is 1.76. The van der Waals surface area contributed by atoms with Gasteiger partial charge in [0.05, 0.1) is 6.42 Å². The number of hydrogen-bond donors (Lipinski definition) is 1. The summed E-state index contributed by atoms with van der Waals surface area (Å²) in [5, 5.41) is 8.62. The van der Waals surface area contributed by atoms with Crippen LogP contribution >= 0.6 is 15.9 Å². The lowest BCUT2D eigenvalue weighted by atomic mass is 10.1. The van der Waals surface area contributed by atoms with Crippen LogP contribution in [-0.4, -0.2) is 11.1 Å². The molecule has 0 amide bonds. The van der Waals surface area contributed by atoms with E-state index in [4.69, 9.17) is 5.11 Å². The van der Waals surface area contributed by atoms with E-state index in [1.807, 2.05) is 30.3 Å². The second-order valence-corrected chi connectivity index (χ2v) is 3.09. The Morgan fingerprint density at radius 2 is 2.15 bits per heavy atom. The first kappa shape index (κ1) is 9.99. The molecule has 0 atom stereocenters. The van der Waals surface area contributed by atoms with Crippen LogP contribution in [0, 0.1) is 0 Å². The average molecular weight is 241 g/mol. The van der Waals surface area contributed by atoms with Crippen molar-refractivity contribution in [2.45, 2.75) is 6.42 Å². The molecule has 0 heterocycles. The number of benzene rings is 1. The van der Waals surface area contributed by atoms with E-state index in [1.165, 1.54) is 0 Å². The third-order valence-electron chi connectivity index (χ3n) is 1.64. The molecular weight excluding hydrogens is 232 g/mol. The summed E-state index contributed by atoms with van der Waals surface area (Å²) in [6, 6.07) is 7.42. The molecular formula is C10H9BrO2. The topological polar surface area (TPSA) is 37.3 Å². The van der Waals surface area contributed by atoms with Gasteiger partial charge in [0.2, 0.25) is 0 Å². The van der Waals surface area contributed by atoms with Gasteiger partial charge in [0.25, 0.3) is 0 Å². The number of aliphatic carboxylic acids is 1. The minimum atomic E-state index is -0.810. The zero-order chi connectivity index (χ0) is 9.68. The van der Waals surface area contributed by atoms with Crippen molar-refractivity contribution in [2.75, 3.05) is 0 Å². The van der Waals surface area contributed by atoms with Gasteiger partial charge >= 0.3 is 5.97 Å². The van der Waals surface area contributed by atoms with Crippen LogP contribution in [0.4, 0.5) is 0 Å². The van der Waals surface area contributed by atoms with E-state index in [-0.39, 0.29) is 6.42 Å². The number of halogens is 1. The van der Waals surface area contributed by atoms with E-state index in [2.05, 4.69) is 15.9 Å². The standard InChI is InChI=1S/C10H9BrO2/c11-6-5-8-3-1-2-4-9(8)7-10(12)13/h1-6H,7H2,(H,12,13). The monoisotopic (exact) mass is 240 g/mol. The molecule has 1 aromatic rings. The van der Waals surface area contributed by atoms with E-state index in [0.29, 0.717) is 0 Å². The normalized spacial score (nSPS) is 10.5. The van der Waals surface area contributed by atoms with E-state index >= 15 is 0 Å². The maximum Gasteiger partial charge on any atom is 0.307 e. The Balaban J connectivity index is 2.97. The lowest BCUT2D eigenvalue weighted by molar-refractivity contribution is -0.136. The van der Waals surface area contributed by atoms with Gasteiger partial charge in [0.15, 0.2) is 0 Å². The molecule has 1 rings (SSSR count). The minimum Gasteiger partial charge on any atom is -0.481 e. The maximum atomic E-state index is 10.5. The second kappa shape index (κ2) is 4.82. The van der Waals surface area contributed by atoms with Crippen molar-refractivity contribution in [3.05, 3.63) is 40.4 Å². The van der Waals surface area contributed by atoms with Crippen LogP contribution in [-0.2, 0) is 11.2 Å². The summed E-state index contributed by atoms with van der Waals surface area (Å²) < 4.78 is 0. The molecule has 0 bridgehead atoms. The first-order chi connectivity index (χ1) is 6.24. The van der Waals surface area contributed by atoms with Gasteiger partial charge in [-0.1, -0.05) is 40.2 Å². The molecule has 2 nitrogen and oxygen atoms in total. The molecule has 68 valence electrons. The summed E-state index contributed by atoms with van der Waals surface area (Å²) in [5.74, 6) is -0.810. The Morgan fingerprint density at radius 3 is 2.77 bits per heavy atom. The van der Waals surface area contributed by atoms with Crippen LogP contribution < -0.4 is 0 Å². The summed E-state index contributed by atoms with van der Waals surface area (Å²) in [6.07, 6.45) is 1.89. The van der Waals surface area contributed by atoms with Crippen LogP contribution in [0.3, 0.4) is 0 Å². The molecule has 0 saturated carbocycles. The molecule has 0 saturated heterocycles. The van der Waals surface area contributed by atoms with E-state index in [9.17, 15) is 4.79 Å². The summed E-state index contributed by atoms with van der Waals surface area (Å²) >= 11 is 3.16. The molecule has 0 radical (unpaired) electrons. The van der Waals surface area contributed by atoms with Gasteiger partial charge in [0.1, 0.15) is 0 Å². The van der Waals surface area contributed by atoms with Gasteiger partial charge in [-0.05, 0) is 22.2 Å². The molecule has 0 aliphatic carbocycles. The van der Waals surface area contributed by atoms with Crippen LogP contribution in [0.15, 0.2) is 29.3 Å². The van der Waals surface area contributed by atoms with Crippen LogP contribution in [0.2, 0.25) is 0 Å². The highest BCUT2D eigenvalue weighted by atomic mass is 79.9. The average Bonchev–Trinajstić information content (AvgIpc) is 2.08. The largest absolute Gasteiger partial charge is 0.481 e. The predicted molar refractivity (Wildman–Crippen MR) is 55.7 cm³/mol. The van der Waals surface area contributed by atoms with E-state index in [1.54, 1.807) is 4.99 Å². The fourth-order valence-corrected chi connectivity index (χ4v) is 1.37. The Kier molecular flexibility index (Phi) is 3.71. The lowest BCUT2D eigenvalue weighted by Gasteiger charge is -2.01. The molecule has 1 aromatic carbocycles. The van der Waals surface area contributed by atoms with Crippen molar-refractivity contribution in [3.63, 3.8) is 0 Å². The van der Waals surface area contributed by atoms with Gasteiger partial charge in [0, 0.05) is 0 Å². The first-order valence-corrected chi connectivity index (χ1v) is 4.72. The fourth-order valence-electron chi connectivity index (χ4n) is 1.09. The molecule has 0 aliphatic rings. The van der Waals surface area contributed by atoms with E-state index < -0.39 is 5.97 Å². The molecule has 0 aliphatic heterocycles. The third kappa shape index (κ3) is 3.03. The molecule has 13 heavy (non-hydrogen) atoms.